The first-order valence-electron chi connectivity index (χ1n) is 4.93. The number of hydrogen-bond donors (Lipinski definition) is 3. The number of benzene rings is 1. The second-order valence-electron chi connectivity index (χ2n) is 3.99. The molecule has 1 unspecified atom stereocenters. The van der Waals surface area contributed by atoms with Gasteiger partial charge >= 0.3 is 5.69 Å². The van der Waals surface area contributed by atoms with Crippen molar-refractivity contribution in [3.8, 4) is 0 Å². The average molecular weight is 256 g/mol. The number of fused-ring (bicyclic) bond motifs is 1. The molecule has 0 radical (unpaired) electrons. The first-order chi connectivity index (χ1) is 7.85. The van der Waals surface area contributed by atoms with E-state index in [4.69, 9.17) is 0 Å². The summed E-state index contributed by atoms with van der Waals surface area (Å²) >= 11 is 0. The molecule has 6 nitrogen and oxygen atoms in total. The van der Waals surface area contributed by atoms with Gasteiger partial charge in [0.25, 0.3) is 0 Å². The maximum atomic E-state index is 11.1. The van der Waals surface area contributed by atoms with Gasteiger partial charge in [-0.15, -0.1) is 0 Å². The van der Waals surface area contributed by atoms with Crippen LogP contribution in [0.15, 0.2) is 23.0 Å². The van der Waals surface area contributed by atoms with Crippen molar-refractivity contribution in [2.75, 3.05) is 12.0 Å². The maximum Gasteiger partial charge on any atom is 0.323 e. The fourth-order valence-electron chi connectivity index (χ4n) is 1.64. The predicted octanol–water partition coefficient (Wildman–Crippen LogP) is -0.0658. The van der Waals surface area contributed by atoms with Gasteiger partial charge in [0.15, 0.2) is 0 Å². The number of sulfone groups is 1. The summed E-state index contributed by atoms with van der Waals surface area (Å²) in [5, 5.41) is 9.74. The second-order valence-corrected chi connectivity index (χ2v) is 6.18. The Bertz CT molecular complexity index is 698. The molecule has 92 valence electrons. The van der Waals surface area contributed by atoms with Crippen LogP contribution in [0.25, 0.3) is 11.0 Å². The van der Waals surface area contributed by atoms with Gasteiger partial charge in [-0.2, -0.15) is 0 Å². The topological polar surface area (TPSA) is 103 Å². The van der Waals surface area contributed by atoms with Gasteiger partial charge in [0, 0.05) is 6.26 Å². The lowest BCUT2D eigenvalue weighted by Crippen LogP contribution is -2.12. The van der Waals surface area contributed by atoms with Crippen LogP contribution in [0.5, 0.6) is 0 Å². The standard InChI is InChI=1S/C10H12N2O4S/c1-17(15,16)5-9(13)6-2-3-7-8(4-6)12-10(14)11-7/h2-4,9,13H,5H2,1H3,(H2,11,12,14). The average Bonchev–Trinajstić information content (AvgIpc) is 2.53. The molecule has 1 atom stereocenters. The molecule has 0 aliphatic heterocycles. The van der Waals surface area contributed by atoms with Crippen molar-refractivity contribution in [1.29, 1.82) is 0 Å². The maximum absolute atomic E-state index is 11.1. The molecular weight excluding hydrogens is 244 g/mol. The van der Waals surface area contributed by atoms with Gasteiger partial charge in [-0.05, 0) is 17.7 Å². The Morgan fingerprint density at radius 3 is 2.59 bits per heavy atom. The molecule has 0 amide bonds. The number of aliphatic hydroxyl groups is 1. The van der Waals surface area contributed by atoms with Crippen LogP contribution >= 0.6 is 0 Å². The highest BCUT2D eigenvalue weighted by atomic mass is 32.2. The van der Waals surface area contributed by atoms with E-state index in [0.29, 0.717) is 16.6 Å². The number of aromatic nitrogens is 2. The minimum Gasteiger partial charge on any atom is -0.387 e. The van der Waals surface area contributed by atoms with E-state index in [2.05, 4.69) is 9.97 Å². The Hall–Kier alpha value is -1.60. The van der Waals surface area contributed by atoms with Crippen LogP contribution < -0.4 is 5.69 Å². The summed E-state index contributed by atoms with van der Waals surface area (Å²) < 4.78 is 22.1. The fraction of sp³-hybridized carbons (Fsp3) is 0.300. The van der Waals surface area contributed by atoms with E-state index in [0.717, 1.165) is 6.26 Å². The van der Waals surface area contributed by atoms with Crippen molar-refractivity contribution in [1.82, 2.24) is 9.97 Å². The molecule has 0 aliphatic carbocycles. The molecule has 0 saturated heterocycles. The van der Waals surface area contributed by atoms with Crippen LogP contribution in [-0.4, -0.2) is 35.5 Å². The Labute approximate surface area is 97.2 Å². The summed E-state index contributed by atoms with van der Waals surface area (Å²) in [6.45, 7) is 0. The highest BCUT2D eigenvalue weighted by Crippen LogP contribution is 2.18. The van der Waals surface area contributed by atoms with Crippen molar-refractivity contribution >= 4 is 20.9 Å². The van der Waals surface area contributed by atoms with Gasteiger partial charge in [0.05, 0.1) is 22.9 Å². The van der Waals surface area contributed by atoms with Crippen LogP contribution in [0, 0.1) is 0 Å². The molecule has 1 aromatic heterocycles. The van der Waals surface area contributed by atoms with Crippen LogP contribution in [0.3, 0.4) is 0 Å². The molecule has 0 fully saturated rings. The van der Waals surface area contributed by atoms with Gasteiger partial charge < -0.3 is 15.1 Å². The molecule has 3 N–H and O–H groups in total. The molecule has 0 aliphatic rings. The summed E-state index contributed by atoms with van der Waals surface area (Å²) in [6.07, 6.45) is -0.0276. The first kappa shape index (κ1) is 11.9. The predicted molar refractivity (Wildman–Crippen MR) is 63.6 cm³/mol. The van der Waals surface area contributed by atoms with Gasteiger partial charge in [-0.3, -0.25) is 0 Å². The van der Waals surface area contributed by atoms with Gasteiger partial charge in [0.2, 0.25) is 0 Å². The zero-order chi connectivity index (χ0) is 12.6. The Kier molecular flexibility index (Phi) is 2.80. The summed E-state index contributed by atoms with van der Waals surface area (Å²) in [6, 6.07) is 4.76. The SMILES string of the molecule is CS(=O)(=O)CC(O)c1ccc2[nH]c(=O)[nH]c2c1. The van der Waals surface area contributed by atoms with Crippen molar-refractivity contribution < 1.29 is 13.5 Å². The molecule has 0 spiro atoms. The summed E-state index contributed by atoms with van der Waals surface area (Å²) in [5.41, 5.74) is 1.28. The highest BCUT2D eigenvalue weighted by Gasteiger charge is 2.15. The molecule has 17 heavy (non-hydrogen) atoms. The Balaban J connectivity index is 2.39. The lowest BCUT2D eigenvalue weighted by molar-refractivity contribution is 0.202. The molecule has 2 aromatic rings. The van der Waals surface area contributed by atoms with Gasteiger partial charge in [-0.1, -0.05) is 6.07 Å². The third-order valence-corrected chi connectivity index (χ3v) is 3.31. The third kappa shape index (κ3) is 2.75. The number of H-pyrrole nitrogens is 2. The van der Waals surface area contributed by atoms with Crippen LogP contribution in [0.1, 0.15) is 11.7 Å². The van der Waals surface area contributed by atoms with Crippen LogP contribution in [0.4, 0.5) is 0 Å². The van der Waals surface area contributed by atoms with Crippen LogP contribution in [0.2, 0.25) is 0 Å². The molecule has 1 heterocycles. The second kappa shape index (κ2) is 4.01. The number of rotatable bonds is 3. The van der Waals surface area contributed by atoms with Crippen molar-refractivity contribution in [3.05, 3.63) is 34.2 Å². The number of nitrogens with one attached hydrogen (secondary N) is 2. The Morgan fingerprint density at radius 1 is 1.29 bits per heavy atom. The molecule has 2 rings (SSSR count). The number of aromatic amines is 2. The number of imidazole rings is 1. The van der Waals surface area contributed by atoms with Crippen LogP contribution in [-0.2, 0) is 9.84 Å². The minimum atomic E-state index is -3.25. The van der Waals surface area contributed by atoms with Gasteiger partial charge in [-0.25, -0.2) is 13.2 Å². The van der Waals surface area contributed by atoms with E-state index in [1.165, 1.54) is 0 Å². The molecule has 7 heteroatoms. The quantitative estimate of drug-likeness (QED) is 0.715. The van der Waals surface area contributed by atoms with E-state index >= 15 is 0 Å². The van der Waals surface area contributed by atoms with E-state index in [-0.39, 0.29) is 11.4 Å². The lowest BCUT2D eigenvalue weighted by atomic mass is 10.1. The van der Waals surface area contributed by atoms with E-state index in [9.17, 15) is 18.3 Å². The van der Waals surface area contributed by atoms with E-state index < -0.39 is 15.9 Å². The zero-order valence-electron chi connectivity index (χ0n) is 9.10. The Morgan fingerprint density at radius 2 is 1.94 bits per heavy atom. The number of aliphatic hydroxyl groups excluding tert-OH is 1. The smallest absolute Gasteiger partial charge is 0.323 e. The molecular formula is C10H12N2O4S. The normalized spacial score (nSPS) is 14.0. The fourth-order valence-corrected chi connectivity index (χ4v) is 2.41. The first-order valence-corrected chi connectivity index (χ1v) is 6.99. The van der Waals surface area contributed by atoms with Crippen molar-refractivity contribution in [3.63, 3.8) is 0 Å². The zero-order valence-corrected chi connectivity index (χ0v) is 9.91. The van der Waals surface area contributed by atoms with Crippen molar-refractivity contribution in [2.45, 2.75) is 6.10 Å². The molecule has 0 bridgehead atoms. The summed E-state index contributed by atoms with van der Waals surface area (Å²) in [7, 11) is -3.25. The van der Waals surface area contributed by atoms with E-state index in [1.807, 2.05) is 0 Å². The minimum absolute atomic E-state index is 0.338. The van der Waals surface area contributed by atoms with E-state index in [1.54, 1.807) is 18.2 Å². The molecule has 0 saturated carbocycles. The monoisotopic (exact) mass is 256 g/mol. The molecule has 1 aromatic carbocycles. The summed E-state index contributed by atoms with van der Waals surface area (Å²) in [5.74, 6) is -0.340. The van der Waals surface area contributed by atoms with Gasteiger partial charge in [0.1, 0.15) is 9.84 Å². The lowest BCUT2D eigenvalue weighted by Gasteiger charge is -2.09. The largest absolute Gasteiger partial charge is 0.387 e. The van der Waals surface area contributed by atoms with Crippen molar-refractivity contribution in [2.24, 2.45) is 0 Å². The summed E-state index contributed by atoms with van der Waals surface area (Å²) in [4.78, 5) is 16.1. The third-order valence-electron chi connectivity index (χ3n) is 2.39. The highest BCUT2D eigenvalue weighted by molar-refractivity contribution is 7.90. The number of hydrogen-bond acceptors (Lipinski definition) is 4.